The van der Waals surface area contributed by atoms with Gasteiger partial charge in [-0.15, -0.1) is 0 Å². The van der Waals surface area contributed by atoms with E-state index in [1.807, 2.05) is 13.8 Å². The van der Waals surface area contributed by atoms with E-state index in [4.69, 9.17) is 4.74 Å². The molecule has 5 heteroatoms. The fraction of sp³-hybridized carbons (Fsp3) is 0.800. The van der Waals surface area contributed by atoms with Crippen LogP contribution in [0.2, 0.25) is 0 Å². The van der Waals surface area contributed by atoms with Gasteiger partial charge >= 0.3 is 12.1 Å². The predicted molar refractivity (Wildman–Crippen MR) is 53.0 cm³/mol. The number of nitrogens with one attached hydrogen (secondary N) is 1. The summed E-state index contributed by atoms with van der Waals surface area (Å²) in [6.45, 7) is 4.69. The van der Waals surface area contributed by atoms with E-state index in [0.29, 0.717) is 0 Å². The number of piperidine rings is 1. The molecule has 15 heavy (non-hydrogen) atoms. The van der Waals surface area contributed by atoms with Crippen molar-refractivity contribution < 1.29 is 14.3 Å². The number of fused-ring (bicyclic) bond motifs is 1. The minimum atomic E-state index is -0.523. The molecule has 2 saturated heterocycles. The molecule has 2 heterocycles. The summed E-state index contributed by atoms with van der Waals surface area (Å²) < 4.78 is 4.74. The van der Waals surface area contributed by atoms with Crippen LogP contribution in [0.5, 0.6) is 0 Å². The molecule has 0 radical (unpaired) electrons. The molecular weight excluding hydrogens is 196 g/mol. The molecule has 5 nitrogen and oxygen atoms in total. The van der Waals surface area contributed by atoms with E-state index < -0.39 is 6.09 Å². The van der Waals surface area contributed by atoms with E-state index >= 15 is 0 Å². The molecule has 0 aromatic carbocycles. The highest BCUT2D eigenvalue weighted by atomic mass is 16.6. The van der Waals surface area contributed by atoms with E-state index in [1.54, 1.807) is 4.90 Å². The van der Waals surface area contributed by atoms with E-state index in [9.17, 15) is 9.59 Å². The van der Waals surface area contributed by atoms with Gasteiger partial charge in [0.25, 0.3) is 0 Å². The first-order valence-corrected chi connectivity index (χ1v) is 5.38. The normalized spacial score (nSPS) is 31.5. The number of carbonyl (C=O) groups excluding carboxylic acids is 2. The van der Waals surface area contributed by atoms with Crippen molar-refractivity contribution in [2.45, 2.75) is 38.9 Å². The summed E-state index contributed by atoms with van der Waals surface area (Å²) >= 11 is 0. The van der Waals surface area contributed by atoms with Gasteiger partial charge in [0.1, 0.15) is 0 Å². The summed E-state index contributed by atoms with van der Waals surface area (Å²) in [4.78, 5) is 24.7. The Bertz CT molecular complexity index is 290. The highest BCUT2D eigenvalue weighted by Crippen LogP contribution is 2.27. The smallest absolute Gasteiger partial charge is 0.376 e. The fourth-order valence-corrected chi connectivity index (χ4v) is 2.27. The zero-order valence-electron chi connectivity index (χ0n) is 9.03. The van der Waals surface area contributed by atoms with E-state index in [2.05, 4.69) is 5.32 Å². The highest BCUT2D eigenvalue weighted by molar-refractivity contribution is 5.89. The third-order valence-electron chi connectivity index (χ3n) is 2.98. The number of rotatable bonds is 1. The van der Waals surface area contributed by atoms with Crippen LogP contribution in [0.4, 0.5) is 4.79 Å². The first-order chi connectivity index (χ1) is 7.11. The van der Waals surface area contributed by atoms with Crippen LogP contribution >= 0.6 is 0 Å². The van der Waals surface area contributed by atoms with Crippen molar-refractivity contribution in [3.05, 3.63) is 0 Å². The van der Waals surface area contributed by atoms with Gasteiger partial charge in [-0.3, -0.25) is 15.0 Å². The standard InChI is InChI=1S/C10H16N2O3/c1-6(2)12-8-7(4-3-5-11-8)9(13)15-10(12)14/h6-8,11H,3-5H2,1-2H3. The number of ether oxygens (including phenoxy) is 1. The fourth-order valence-electron chi connectivity index (χ4n) is 2.27. The summed E-state index contributed by atoms with van der Waals surface area (Å²) in [6, 6.07) is 0.0451. The topological polar surface area (TPSA) is 58.6 Å². The van der Waals surface area contributed by atoms with Crippen molar-refractivity contribution in [3.63, 3.8) is 0 Å². The Morgan fingerprint density at radius 3 is 2.87 bits per heavy atom. The van der Waals surface area contributed by atoms with Crippen molar-refractivity contribution in [3.8, 4) is 0 Å². The maximum absolute atomic E-state index is 11.5. The monoisotopic (exact) mass is 212 g/mol. The van der Waals surface area contributed by atoms with E-state index in [-0.39, 0.29) is 24.1 Å². The molecule has 0 bridgehead atoms. The van der Waals surface area contributed by atoms with Crippen LogP contribution < -0.4 is 5.32 Å². The SMILES string of the molecule is CC(C)N1C(=O)OC(=O)C2CCCNC21. The van der Waals surface area contributed by atoms with Crippen LogP contribution in [-0.4, -0.2) is 35.7 Å². The van der Waals surface area contributed by atoms with Gasteiger partial charge in [0.05, 0.1) is 12.1 Å². The van der Waals surface area contributed by atoms with Gasteiger partial charge in [0.15, 0.2) is 0 Å². The van der Waals surface area contributed by atoms with Gasteiger partial charge < -0.3 is 4.74 Å². The Balaban J connectivity index is 2.23. The van der Waals surface area contributed by atoms with Gasteiger partial charge in [0.2, 0.25) is 0 Å². The zero-order valence-corrected chi connectivity index (χ0v) is 9.03. The molecule has 0 spiro atoms. The summed E-state index contributed by atoms with van der Waals surface area (Å²) in [5.74, 6) is -0.576. The number of hydrogen-bond acceptors (Lipinski definition) is 4. The zero-order chi connectivity index (χ0) is 11.0. The number of cyclic esters (lactones) is 2. The second-order valence-electron chi connectivity index (χ2n) is 4.34. The van der Waals surface area contributed by atoms with Crippen LogP contribution in [-0.2, 0) is 9.53 Å². The quantitative estimate of drug-likeness (QED) is 0.513. The third-order valence-corrected chi connectivity index (χ3v) is 2.98. The van der Waals surface area contributed by atoms with Crippen LogP contribution in [0.15, 0.2) is 0 Å². The van der Waals surface area contributed by atoms with Crippen LogP contribution in [0.1, 0.15) is 26.7 Å². The molecule has 2 atom stereocenters. The molecule has 0 aliphatic carbocycles. The molecule has 2 fully saturated rings. The van der Waals surface area contributed by atoms with Crippen LogP contribution in [0.3, 0.4) is 0 Å². The number of amides is 1. The number of esters is 1. The Morgan fingerprint density at radius 1 is 1.47 bits per heavy atom. The Hall–Kier alpha value is -1.10. The Morgan fingerprint density at radius 2 is 2.20 bits per heavy atom. The van der Waals surface area contributed by atoms with Gasteiger partial charge in [-0.1, -0.05) is 0 Å². The lowest BCUT2D eigenvalue weighted by atomic mass is 9.93. The predicted octanol–water partition coefficient (Wildman–Crippen LogP) is 0.699. The molecule has 0 saturated carbocycles. The van der Waals surface area contributed by atoms with E-state index in [0.717, 1.165) is 19.4 Å². The first kappa shape index (κ1) is 10.4. The maximum Gasteiger partial charge on any atom is 0.419 e. The average Bonchev–Trinajstić information content (AvgIpc) is 2.17. The van der Waals surface area contributed by atoms with Crippen molar-refractivity contribution >= 4 is 12.1 Å². The van der Waals surface area contributed by atoms with Gasteiger partial charge in [0, 0.05) is 6.04 Å². The molecule has 2 unspecified atom stereocenters. The minimum absolute atomic E-state index is 0.0451. The lowest BCUT2D eigenvalue weighted by Crippen LogP contribution is -2.63. The Kier molecular flexibility index (Phi) is 2.65. The van der Waals surface area contributed by atoms with Gasteiger partial charge in [-0.2, -0.15) is 0 Å². The first-order valence-electron chi connectivity index (χ1n) is 5.38. The van der Waals surface area contributed by atoms with Crippen LogP contribution in [0.25, 0.3) is 0 Å². The number of hydrogen-bond donors (Lipinski definition) is 1. The number of carbonyl (C=O) groups is 2. The van der Waals surface area contributed by atoms with Gasteiger partial charge in [-0.25, -0.2) is 4.79 Å². The third kappa shape index (κ3) is 1.71. The summed E-state index contributed by atoms with van der Waals surface area (Å²) in [6.07, 6.45) is 1.06. The molecule has 2 aliphatic rings. The lowest BCUT2D eigenvalue weighted by molar-refractivity contribution is -0.154. The largest absolute Gasteiger partial charge is 0.419 e. The lowest BCUT2D eigenvalue weighted by Gasteiger charge is -2.43. The molecule has 1 amide bonds. The Labute approximate surface area is 88.8 Å². The molecular formula is C10H16N2O3. The molecule has 0 aromatic rings. The van der Waals surface area contributed by atoms with Crippen molar-refractivity contribution in [1.82, 2.24) is 10.2 Å². The van der Waals surface area contributed by atoms with Crippen molar-refractivity contribution in [1.29, 1.82) is 0 Å². The second kappa shape index (κ2) is 3.81. The van der Waals surface area contributed by atoms with Gasteiger partial charge in [-0.05, 0) is 33.2 Å². The summed E-state index contributed by atoms with van der Waals surface area (Å²) in [5, 5.41) is 3.22. The second-order valence-corrected chi connectivity index (χ2v) is 4.34. The van der Waals surface area contributed by atoms with Crippen LogP contribution in [0, 0.1) is 5.92 Å². The van der Waals surface area contributed by atoms with Crippen molar-refractivity contribution in [2.24, 2.45) is 5.92 Å². The highest BCUT2D eigenvalue weighted by Gasteiger charge is 2.45. The molecule has 2 rings (SSSR count). The molecule has 1 N–H and O–H groups in total. The minimum Gasteiger partial charge on any atom is -0.376 e. The molecule has 84 valence electrons. The van der Waals surface area contributed by atoms with Crippen molar-refractivity contribution in [2.75, 3.05) is 6.54 Å². The average molecular weight is 212 g/mol. The molecule has 2 aliphatic heterocycles. The maximum atomic E-state index is 11.5. The summed E-state index contributed by atoms with van der Waals surface area (Å²) in [5.41, 5.74) is 0. The number of nitrogens with zero attached hydrogens (tertiary/aromatic N) is 1. The molecule has 0 aromatic heterocycles. The summed E-state index contributed by atoms with van der Waals surface area (Å²) in [7, 11) is 0. The van der Waals surface area contributed by atoms with E-state index in [1.165, 1.54) is 0 Å².